The van der Waals surface area contributed by atoms with Crippen LogP contribution in [0, 0.1) is 0 Å². The summed E-state index contributed by atoms with van der Waals surface area (Å²) in [4.78, 5) is 35.2. The summed E-state index contributed by atoms with van der Waals surface area (Å²) in [6, 6.07) is 0. The summed E-state index contributed by atoms with van der Waals surface area (Å²) in [7, 11) is 0. The molecule has 1 aliphatic rings. The average molecular weight is 265 g/mol. The van der Waals surface area contributed by atoms with Crippen molar-refractivity contribution in [2.24, 2.45) is 0 Å². The topological polar surface area (TPSA) is 54.5 Å². The summed E-state index contributed by atoms with van der Waals surface area (Å²) >= 11 is 0. The molecule has 106 valence electrons. The molecule has 0 N–H and O–H groups in total. The Labute approximate surface area is 114 Å². The number of carbonyl (C=O) groups excluding carboxylic acids is 3. The Bertz CT molecular complexity index is 342. The molecular formula is C15H23NO3. The van der Waals surface area contributed by atoms with Gasteiger partial charge in [0.25, 0.3) is 11.8 Å². The number of rotatable bonds is 10. The minimum atomic E-state index is -0.377. The Hall–Kier alpha value is -1.45. The standard InChI is InChI=1S/C15H23NO3/c1-2-3-4-5-6-7-8-9-13(17)12-16-14(18)10-11-15(16)19/h10-11H,2-9,12H2,1H3. The van der Waals surface area contributed by atoms with E-state index in [2.05, 4.69) is 6.92 Å². The van der Waals surface area contributed by atoms with Crippen molar-refractivity contribution >= 4 is 17.6 Å². The summed E-state index contributed by atoms with van der Waals surface area (Å²) < 4.78 is 0. The molecule has 1 heterocycles. The Morgan fingerprint density at radius 3 is 2.05 bits per heavy atom. The van der Waals surface area contributed by atoms with Crippen molar-refractivity contribution in [3.63, 3.8) is 0 Å². The molecule has 4 heteroatoms. The minimum absolute atomic E-state index is 0.0287. The van der Waals surface area contributed by atoms with Gasteiger partial charge in [-0.1, -0.05) is 45.4 Å². The molecule has 1 rings (SSSR count). The zero-order chi connectivity index (χ0) is 14.1. The third kappa shape index (κ3) is 5.81. The highest BCUT2D eigenvalue weighted by molar-refractivity contribution is 6.14. The second kappa shape index (κ2) is 8.62. The summed E-state index contributed by atoms with van der Waals surface area (Å²) in [6.45, 7) is 2.12. The number of hydrogen-bond acceptors (Lipinski definition) is 3. The maximum Gasteiger partial charge on any atom is 0.254 e. The third-order valence-corrected chi connectivity index (χ3v) is 3.29. The first kappa shape index (κ1) is 15.6. The molecule has 0 spiro atoms. The molecule has 0 aromatic heterocycles. The lowest BCUT2D eigenvalue weighted by molar-refractivity contribution is -0.140. The quantitative estimate of drug-likeness (QED) is 0.450. The van der Waals surface area contributed by atoms with Crippen molar-refractivity contribution in [3.05, 3.63) is 12.2 Å². The van der Waals surface area contributed by atoms with E-state index in [0.29, 0.717) is 6.42 Å². The lowest BCUT2D eigenvalue weighted by Crippen LogP contribution is -2.34. The molecule has 0 radical (unpaired) electrons. The Morgan fingerprint density at radius 2 is 1.47 bits per heavy atom. The van der Waals surface area contributed by atoms with Crippen LogP contribution in [0.2, 0.25) is 0 Å². The van der Waals surface area contributed by atoms with Crippen LogP contribution in [0.15, 0.2) is 12.2 Å². The molecule has 19 heavy (non-hydrogen) atoms. The fourth-order valence-corrected chi connectivity index (χ4v) is 2.12. The van der Waals surface area contributed by atoms with Crippen molar-refractivity contribution in [1.29, 1.82) is 0 Å². The van der Waals surface area contributed by atoms with Gasteiger partial charge in [-0.25, -0.2) is 0 Å². The first-order valence-corrected chi connectivity index (χ1v) is 7.20. The average Bonchev–Trinajstić information content (AvgIpc) is 2.69. The summed E-state index contributed by atoms with van der Waals surface area (Å²) in [6.07, 6.45) is 11.0. The molecular weight excluding hydrogens is 242 g/mol. The molecule has 0 bridgehead atoms. The lowest BCUT2D eigenvalue weighted by atomic mass is 10.1. The van der Waals surface area contributed by atoms with Gasteiger partial charge in [0.15, 0.2) is 5.78 Å². The molecule has 0 saturated heterocycles. The van der Waals surface area contributed by atoms with Gasteiger partial charge in [-0.15, -0.1) is 0 Å². The molecule has 0 atom stereocenters. The van der Waals surface area contributed by atoms with E-state index in [1.807, 2.05) is 0 Å². The number of hydrogen-bond donors (Lipinski definition) is 0. The van der Waals surface area contributed by atoms with Gasteiger partial charge in [-0.3, -0.25) is 19.3 Å². The normalized spacial score (nSPS) is 14.5. The van der Waals surface area contributed by atoms with E-state index in [9.17, 15) is 14.4 Å². The number of carbonyl (C=O) groups is 3. The van der Waals surface area contributed by atoms with Crippen LogP contribution in [-0.2, 0) is 14.4 Å². The van der Waals surface area contributed by atoms with Crippen LogP contribution in [0.1, 0.15) is 58.3 Å². The monoisotopic (exact) mass is 265 g/mol. The van der Waals surface area contributed by atoms with Gasteiger partial charge in [-0.2, -0.15) is 0 Å². The van der Waals surface area contributed by atoms with Crippen LogP contribution >= 0.6 is 0 Å². The van der Waals surface area contributed by atoms with Gasteiger partial charge >= 0.3 is 0 Å². The number of unbranched alkanes of at least 4 members (excludes halogenated alkanes) is 6. The fourth-order valence-electron chi connectivity index (χ4n) is 2.12. The van der Waals surface area contributed by atoms with Crippen LogP contribution in [0.25, 0.3) is 0 Å². The van der Waals surface area contributed by atoms with Gasteiger partial charge in [0.1, 0.15) is 0 Å². The first-order valence-electron chi connectivity index (χ1n) is 7.20. The van der Waals surface area contributed by atoms with Crippen LogP contribution in [0.5, 0.6) is 0 Å². The molecule has 4 nitrogen and oxygen atoms in total. The largest absolute Gasteiger partial charge is 0.298 e. The van der Waals surface area contributed by atoms with Gasteiger partial charge in [0, 0.05) is 18.6 Å². The summed E-state index contributed by atoms with van der Waals surface area (Å²) in [5.74, 6) is -0.783. The second-order valence-electron chi connectivity index (χ2n) is 5.01. The van der Waals surface area contributed by atoms with E-state index in [4.69, 9.17) is 0 Å². The number of Topliss-reactive ketones (excluding diaryl/α,β-unsaturated/α-hetero) is 1. The highest BCUT2D eigenvalue weighted by Gasteiger charge is 2.24. The van der Waals surface area contributed by atoms with E-state index < -0.39 is 0 Å². The SMILES string of the molecule is CCCCCCCCCC(=O)CN1C(=O)C=CC1=O. The van der Waals surface area contributed by atoms with Gasteiger partial charge in [0.2, 0.25) is 0 Å². The van der Waals surface area contributed by atoms with E-state index >= 15 is 0 Å². The molecule has 0 fully saturated rings. The molecule has 2 amide bonds. The number of ketones is 1. The maximum absolute atomic E-state index is 11.7. The van der Waals surface area contributed by atoms with Crippen LogP contribution in [0.3, 0.4) is 0 Å². The minimum Gasteiger partial charge on any atom is -0.298 e. The van der Waals surface area contributed by atoms with E-state index in [1.54, 1.807) is 0 Å². The maximum atomic E-state index is 11.7. The van der Waals surface area contributed by atoms with Crippen LogP contribution in [0.4, 0.5) is 0 Å². The molecule has 0 unspecified atom stereocenters. The number of amides is 2. The molecule has 0 aliphatic carbocycles. The highest BCUT2D eigenvalue weighted by Crippen LogP contribution is 2.10. The van der Waals surface area contributed by atoms with Crippen molar-refractivity contribution in [3.8, 4) is 0 Å². The van der Waals surface area contributed by atoms with E-state index in [-0.39, 0.29) is 24.1 Å². The lowest BCUT2D eigenvalue weighted by Gasteiger charge is -2.12. The van der Waals surface area contributed by atoms with E-state index in [1.165, 1.54) is 37.8 Å². The smallest absolute Gasteiger partial charge is 0.254 e. The first-order chi connectivity index (χ1) is 9.15. The number of nitrogens with zero attached hydrogens (tertiary/aromatic N) is 1. The Kier molecular flexibility index (Phi) is 7.08. The van der Waals surface area contributed by atoms with Gasteiger partial charge in [0.05, 0.1) is 6.54 Å². The second-order valence-corrected chi connectivity index (χ2v) is 5.01. The van der Waals surface area contributed by atoms with Crippen LogP contribution < -0.4 is 0 Å². The summed E-state index contributed by atoms with van der Waals surface area (Å²) in [5, 5.41) is 0. The van der Waals surface area contributed by atoms with E-state index in [0.717, 1.165) is 24.2 Å². The van der Waals surface area contributed by atoms with Crippen molar-refractivity contribution in [1.82, 2.24) is 4.90 Å². The highest BCUT2D eigenvalue weighted by atomic mass is 16.2. The predicted molar refractivity (Wildman–Crippen MR) is 73.5 cm³/mol. The van der Waals surface area contributed by atoms with Crippen molar-refractivity contribution < 1.29 is 14.4 Å². The number of imide groups is 1. The molecule has 1 aliphatic heterocycles. The third-order valence-electron chi connectivity index (χ3n) is 3.29. The van der Waals surface area contributed by atoms with Gasteiger partial charge < -0.3 is 0 Å². The zero-order valence-corrected chi connectivity index (χ0v) is 11.7. The molecule has 0 saturated carbocycles. The molecule has 0 aromatic rings. The molecule has 0 aromatic carbocycles. The predicted octanol–water partition coefficient (Wildman–Crippen LogP) is 2.62. The van der Waals surface area contributed by atoms with Gasteiger partial charge in [-0.05, 0) is 6.42 Å². The zero-order valence-electron chi connectivity index (χ0n) is 11.7. The Balaban J connectivity index is 2.05. The van der Waals surface area contributed by atoms with Crippen LogP contribution in [-0.4, -0.2) is 29.0 Å². The Morgan fingerprint density at radius 1 is 0.947 bits per heavy atom. The summed E-state index contributed by atoms with van der Waals surface area (Å²) in [5.41, 5.74) is 0. The fraction of sp³-hybridized carbons (Fsp3) is 0.667. The van der Waals surface area contributed by atoms with Crippen molar-refractivity contribution in [2.45, 2.75) is 58.3 Å². The van der Waals surface area contributed by atoms with Crippen molar-refractivity contribution in [2.75, 3.05) is 6.54 Å².